The first kappa shape index (κ1) is 15.9. The number of nitro benzene ring substituents is 1. The van der Waals surface area contributed by atoms with Gasteiger partial charge in [0.05, 0.1) is 4.92 Å². The van der Waals surface area contributed by atoms with Crippen molar-refractivity contribution in [2.75, 3.05) is 25.7 Å². The molecule has 0 saturated carbocycles. The highest BCUT2D eigenvalue weighted by molar-refractivity contribution is 5.95. The van der Waals surface area contributed by atoms with E-state index in [0.29, 0.717) is 13.2 Å². The van der Waals surface area contributed by atoms with Gasteiger partial charge in [-0.05, 0) is 25.0 Å². The molecule has 20 heavy (non-hydrogen) atoms. The lowest BCUT2D eigenvalue weighted by Crippen LogP contribution is -2.24. The minimum Gasteiger partial charge on any atom is -0.385 e. The number of benzene rings is 1. The molecular weight excluding hydrogens is 264 g/mol. The molecule has 0 bridgehead atoms. The number of nitrogen functional groups attached to an aromatic ring is 1. The van der Waals surface area contributed by atoms with Crippen LogP contribution in [0.15, 0.2) is 18.2 Å². The average Bonchev–Trinajstić information content (AvgIpc) is 2.46. The van der Waals surface area contributed by atoms with Gasteiger partial charge in [-0.15, -0.1) is 0 Å². The van der Waals surface area contributed by atoms with E-state index in [-0.39, 0.29) is 22.8 Å². The number of anilines is 1. The van der Waals surface area contributed by atoms with Gasteiger partial charge in [0.2, 0.25) is 0 Å². The fourth-order valence-corrected chi connectivity index (χ4v) is 1.62. The molecule has 0 saturated heterocycles. The van der Waals surface area contributed by atoms with Crippen LogP contribution in [-0.4, -0.2) is 31.1 Å². The Morgan fingerprint density at radius 3 is 2.80 bits per heavy atom. The van der Waals surface area contributed by atoms with Gasteiger partial charge in [-0.3, -0.25) is 20.8 Å². The zero-order valence-electron chi connectivity index (χ0n) is 11.2. The number of nitro groups is 1. The second-order valence-corrected chi connectivity index (χ2v) is 4.09. The maximum Gasteiger partial charge on any atom is 0.294 e. The van der Waals surface area contributed by atoms with E-state index in [1.807, 2.05) is 0 Å². The minimum atomic E-state index is -0.593. The number of carbonyl (C=O) groups excluding carboxylic acids is 1. The number of amides is 1. The Labute approximate surface area is 116 Å². The quantitative estimate of drug-likeness (QED) is 0.283. The Kier molecular flexibility index (Phi) is 6.41. The van der Waals surface area contributed by atoms with Crippen molar-refractivity contribution in [3.8, 4) is 0 Å². The number of nitrogens with zero attached hydrogens (tertiary/aromatic N) is 1. The van der Waals surface area contributed by atoms with E-state index >= 15 is 0 Å². The molecule has 0 aliphatic heterocycles. The summed E-state index contributed by atoms with van der Waals surface area (Å²) in [6.07, 6.45) is 1.62. The highest BCUT2D eigenvalue weighted by atomic mass is 16.6. The molecule has 0 aliphatic rings. The summed E-state index contributed by atoms with van der Waals surface area (Å²) in [6, 6.07) is 4.07. The fraction of sp³-hybridized carbons (Fsp3) is 0.417. The highest BCUT2D eigenvalue weighted by Crippen LogP contribution is 2.24. The molecule has 0 atom stereocenters. The van der Waals surface area contributed by atoms with Crippen LogP contribution in [0.2, 0.25) is 0 Å². The predicted molar refractivity (Wildman–Crippen MR) is 74.3 cm³/mol. The summed E-state index contributed by atoms with van der Waals surface area (Å²) in [5.41, 5.74) is 2.37. The van der Waals surface area contributed by atoms with Crippen molar-refractivity contribution >= 4 is 17.3 Å². The van der Waals surface area contributed by atoms with Gasteiger partial charge in [0.25, 0.3) is 11.6 Å². The van der Waals surface area contributed by atoms with Gasteiger partial charge in [-0.25, -0.2) is 0 Å². The van der Waals surface area contributed by atoms with Crippen LogP contribution >= 0.6 is 0 Å². The number of rotatable bonds is 8. The maximum absolute atomic E-state index is 11.8. The zero-order valence-corrected chi connectivity index (χ0v) is 11.2. The van der Waals surface area contributed by atoms with Gasteiger partial charge >= 0.3 is 0 Å². The van der Waals surface area contributed by atoms with Crippen molar-refractivity contribution in [1.82, 2.24) is 5.32 Å². The molecule has 0 aromatic heterocycles. The summed E-state index contributed by atoms with van der Waals surface area (Å²) in [4.78, 5) is 22.1. The highest BCUT2D eigenvalue weighted by Gasteiger charge is 2.16. The first-order valence-corrected chi connectivity index (χ1v) is 6.12. The van der Waals surface area contributed by atoms with Crippen LogP contribution in [-0.2, 0) is 4.74 Å². The first-order chi connectivity index (χ1) is 9.60. The van der Waals surface area contributed by atoms with Crippen molar-refractivity contribution < 1.29 is 14.5 Å². The molecule has 1 aromatic rings. The fourth-order valence-electron chi connectivity index (χ4n) is 1.62. The second-order valence-electron chi connectivity index (χ2n) is 4.09. The largest absolute Gasteiger partial charge is 0.385 e. The SMILES string of the molecule is COCCCCNC(=O)c1ccc(NN)c([N+](=O)[O-])c1. The first-order valence-electron chi connectivity index (χ1n) is 6.12. The Balaban J connectivity index is 2.64. The van der Waals surface area contributed by atoms with E-state index in [4.69, 9.17) is 10.6 Å². The number of nitrogens with one attached hydrogen (secondary N) is 2. The van der Waals surface area contributed by atoms with E-state index in [1.54, 1.807) is 7.11 Å². The molecule has 4 N–H and O–H groups in total. The number of nitrogens with two attached hydrogens (primary N) is 1. The standard InChI is InChI=1S/C12H18N4O4/c1-20-7-3-2-6-14-12(17)9-4-5-10(15-13)11(8-9)16(18)19/h4-5,8,15H,2-3,6-7,13H2,1H3,(H,14,17). The number of unbranched alkanes of at least 4 members (excludes halogenated alkanes) is 1. The molecule has 0 heterocycles. The van der Waals surface area contributed by atoms with Crippen LogP contribution in [0.3, 0.4) is 0 Å². The molecule has 1 aromatic carbocycles. The summed E-state index contributed by atoms with van der Waals surface area (Å²) in [6.45, 7) is 1.13. The molecular formula is C12H18N4O4. The van der Waals surface area contributed by atoms with Crippen LogP contribution in [0, 0.1) is 10.1 Å². The van der Waals surface area contributed by atoms with Gasteiger partial charge in [0, 0.05) is 31.9 Å². The third-order valence-electron chi connectivity index (χ3n) is 2.67. The van der Waals surface area contributed by atoms with E-state index in [2.05, 4.69) is 10.7 Å². The summed E-state index contributed by atoms with van der Waals surface area (Å²) in [5.74, 6) is 4.82. The van der Waals surface area contributed by atoms with Gasteiger partial charge in [-0.2, -0.15) is 0 Å². The van der Waals surface area contributed by atoms with Crippen molar-refractivity contribution in [1.29, 1.82) is 0 Å². The molecule has 1 amide bonds. The van der Waals surface area contributed by atoms with Crippen molar-refractivity contribution in [2.24, 2.45) is 5.84 Å². The number of methoxy groups -OCH3 is 1. The average molecular weight is 282 g/mol. The zero-order chi connectivity index (χ0) is 15.0. The lowest BCUT2D eigenvalue weighted by Gasteiger charge is -2.07. The van der Waals surface area contributed by atoms with Gasteiger partial charge in [-0.1, -0.05) is 0 Å². The molecule has 0 aliphatic carbocycles. The van der Waals surface area contributed by atoms with Gasteiger partial charge < -0.3 is 15.5 Å². The normalized spacial score (nSPS) is 10.1. The Morgan fingerprint density at radius 1 is 1.45 bits per heavy atom. The molecule has 8 nitrogen and oxygen atoms in total. The monoisotopic (exact) mass is 282 g/mol. The number of carbonyl (C=O) groups is 1. The van der Waals surface area contributed by atoms with E-state index in [1.165, 1.54) is 18.2 Å². The molecule has 0 unspecified atom stereocenters. The van der Waals surface area contributed by atoms with Crippen molar-refractivity contribution in [3.63, 3.8) is 0 Å². The van der Waals surface area contributed by atoms with E-state index in [0.717, 1.165) is 12.8 Å². The number of hydrogen-bond donors (Lipinski definition) is 3. The van der Waals surface area contributed by atoms with Crippen LogP contribution < -0.4 is 16.6 Å². The molecule has 8 heteroatoms. The molecule has 0 fully saturated rings. The van der Waals surface area contributed by atoms with Gasteiger partial charge in [0.15, 0.2) is 0 Å². The Morgan fingerprint density at radius 2 is 2.20 bits per heavy atom. The molecule has 0 radical (unpaired) electrons. The molecule has 0 spiro atoms. The lowest BCUT2D eigenvalue weighted by molar-refractivity contribution is -0.384. The Hall–Kier alpha value is -2.19. The summed E-state index contributed by atoms with van der Waals surface area (Å²) in [7, 11) is 1.62. The van der Waals surface area contributed by atoms with Crippen LogP contribution in [0.1, 0.15) is 23.2 Å². The second kappa shape index (κ2) is 8.08. The van der Waals surface area contributed by atoms with E-state index < -0.39 is 4.92 Å². The summed E-state index contributed by atoms with van der Waals surface area (Å²) < 4.78 is 4.89. The third kappa shape index (κ3) is 4.48. The number of hydrogen-bond acceptors (Lipinski definition) is 6. The molecule has 1 rings (SSSR count). The lowest BCUT2D eigenvalue weighted by atomic mass is 10.1. The van der Waals surface area contributed by atoms with Crippen LogP contribution in [0.4, 0.5) is 11.4 Å². The van der Waals surface area contributed by atoms with Crippen LogP contribution in [0.5, 0.6) is 0 Å². The van der Waals surface area contributed by atoms with E-state index in [9.17, 15) is 14.9 Å². The molecule has 110 valence electrons. The number of hydrazine groups is 1. The van der Waals surface area contributed by atoms with Gasteiger partial charge in [0.1, 0.15) is 5.69 Å². The Bertz CT molecular complexity index is 479. The third-order valence-corrected chi connectivity index (χ3v) is 2.67. The van der Waals surface area contributed by atoms with Crippen molar-refractivity contribution in [3.05, 3.63) is 33.9 Å². The maximum atomic E-state index is 11.8. The minimum absolute atomic E-state index is 0.159. The smallest absolute Gasteiger partial charge is 0.294 e. The topological polar surface area (TPSA) is 120 Å². The van der Waals surface area contributed by atoms with Crippen LogP contribution in [0.25, 0.3) is 0 Å². The summed E-state index contributed by atoms with van der Waals surface area (Å²) in [5, 5.41) is 13.5. The number of ether oxygens (including phenoxy) is 1. The van der Waals surface area contributed by atoms with Crippen molar-refractivity contribution in [2.45, 2.75) is 12.8 Å². The summed E-state index contributed by atoms with van der Waals surface area (Å²) >= 11 is 0. The predicted octanol–water partition coefficient (Wildman–Crippen LogP) is 1.04.